The van der Waals surface area contributed by atoms with Gasteiger partial charge in [0.1, 0.15) is 11.2 Å². The Morgan fingerprint density at radius 3 is 1.29 bits per heavy atom. The topological polar surface area (TPSA) is 40.1 Å². The van der Waals surface area contributed by atoms with Crippen LogP contribution in [0.2, 0.25) is 0 Å². The molecule has 0 spiro atoms. The van der Waals surface area contributed by atoms with E-state index < -0.39 is 0 Å². The summed E-state index contributed by atoms with van der Waals surface area (Å²) < 4.78 is 11.1. The summed E-state index contributed by atoms with van der Waals surface area (Å²) in [6, 6.07) is 81.4. The highest BCUT2D eigenvalue weighted by molar-refractivity contribution is 6.14. The third-order valence-corrected chi connectivity index (χ3v) is 13.1. The number of rotatable bonds is 6. The van der Waals surface area contributed by atoms with E-state index in [0.717, 1.165) is 55.3 Å². The van der Waals surface area contributed by atoms with Crippen LogP contribution in [0.15, 0.2) is 240 Å². The molecule has 13 aromatic rings. The van der Waals surface area contributed by atoms with E-state index in [0.29, 0.717) is 21.9 Å². The van der Waals surface area contributed by atoms with E-state index in [2.05, 4.69) is 197 Å². The maximum Gasteiger partial charge on any atom is 0.200 e. The molecule has 0 amide bonds. The van der Waals surface area contributed by atoms with Crippen LogP contribution >= 0.6 is 0 Å². The lowest BCUT2D eigenvalue weighted by Crippen LogP contribution is -2.01. The highest BCUT2D eigenvalue weighted by atomic mass is 16.3. The summed E-state index contributed by atoms with van der Waals surface area (Å²) in [6.07, 6.45) is 0. The van der Waals surface area contributed by atoms with Gasteiger partial charge in [-0.3, -0.25) is 4.79 Å². The molecule has 0 saturated heterocycles. The predicted octanol–water partition coefficient (Wildman–Crippen LogP) is 15.8. The molecule has 3 aromatic heterocycles. The van der Waals surface area contributed by atoms with E-state index in [-0.39, 0.29) is 5.43 Å². The number of fused-ring (bicyclic) bond motifs is 8. The second-order valence-corrected chi connectivity index (χ2v) is 16.9. The Morgan fingerprint density at radius 1 is 0.262 bits per heavy atom. The number of para-hydroxylation sites is 2. The fraction of sp³-hybridized carbons (Fsp3) is 0. The van der Waals surface area contributed by atoms with Gasteiger partial charge in [-0.2, -0.15) is 0 Å². The quantitative estimate of drug-likeness (QED) is 0.157. The van der Waals surface area contributed by atoms with E-state index >= 15 is 0 Å². The Bertz CT molecular complexity index is 4070. The van der Waals surface area contributed by atoms with E-state index in [1.54, 1.807) is 0 Å². The van der Waals surface area contributed by atoms with Crippen molar-refractivity contribution < 1.29 is 4.42 Å². The molecule has 0 unspecified atom stereocenters. The van der Waals surface area contributed by atoms with E-state index in [1.807, 2.05) is 42.5 Å². The summed E-state index contributed by atoms with van der Waals surface area (Å²) in [5.74, 6) is 0. The zero-order valence-corrected chi connectivity index (χ0v) is 35.2. The first-order valence-electron chi connectivity index (χ1n) is 22.0. The van der Waals surface area contributed by atoms with Crippen LogP contribution < -0.4 is 5.43 Å². The number of hydrogen-bond acceptors (Lipinski definition) is 2. The van der Waals surface area contributed by atoms with Crippen molar-refractivity contribution in [2.45, 2.75) is 0 Å². The normalized spacial score (nSPS) is 11.8. The average Bonchev–Trinajstić information content (AvgIpc) is 3.88. The number of aromatic nitrogens is 2. The van der Waals surface area contributed by atoms with Gasteiger partial charge in [0.05, 0.1) is 32.8 Å². The van der Waals surface area contributed by atoms with E-state index in [1.165, 1.54) is 44.2 Å². The molecule has 10 aromatic carbocycles. The molecular weight excluding hydrogens is 793 g/mol. The SMILES string of the molecule is O=c1c2ccccc2oc2cc(-c3ccc4c(c3)c3cc(-n5c6ccc(-c7ccccc7)cc6c6cc(-c7cccc(-c8ccccc8)c7)ccc65)ccc3n4-c3ccccc3)ccc12. The maximum absolute atomic E-state index is 13.4. The van der Waals surface area contributed by atoms with Gasteiger partial charge in [0.15, 0.2) is 0 Å². The zero-order valence-electron chi connectivity index (χ0n) is 35.2. The molecule has 4 heteroatoms. The van der Waals surface area contributed by atoms with Crippen LogP contribution in [0.5, 0.6) is 0 Å². The molecule has 0 N–H and O–H groups in total. The standard InChI is InChI=1S/C61H38N2O2/c64-61-49-21-10-11-22-59(49)65-60-37-46(23-28-50(60)61)45-26-30-55-53(36-45)54-38-48(27-32-58(54)62(55)47-19-8-3-9-20-47)63-56-29-24-43(40-15-6-2-7-16-40)34-51(56)52-35-44(25-31-57(52)63)42-18-12-17-41(33-42)39-13-4-1-5-14-39/h1-38H. The van der Waals surface area contributed by atoms with Crippen molar-refractivity contribution in [3.05, 3.63) is 241 Å². The first-order valence-corrected chi connectivity index (χ1v) is 22.0. The maximum atomic E-state index is 13.4. The van der Waals surface area contributed by atoms with Crippen molar-refractivity contribution in [2.24, 2.45) is 0 Å². The number of hydrogen-bond donors (Lipinski definition) is 0. The largest absolute Gasteiger partial charge is 0.456 e. The number of benzene rings is 10. The van der Waals surface area contributed by atoms with Gasteiger partial charge >= 0.3 is 0 Å². The van der Waals surface area contributed by atoms with Crippen molar-refractivity contribution in [2.75, 3.05) is 0 Å². The molecule has 4 nitrogen and oxygen atoms in total. The minimum absolute atomic E-state index is 0.0165. The van der Waals surface area contributed by atoms with Crippen LogP contribution in [-0.4, -0.2) is 9.13 Å². The lowest BCUT2D eigenvalue weighted by Gasteiger charge is -2.11. The Kier molecular flexibility index (Phi) is 8.33. The molecule has 65 heavy (non-hydrogen) atoms. The summed E-state index contributed by atoms with van der Waals surface area (Å²) in [4.78, 5) is 13.4. The van der Waals surface area contributed by atoms with Gasteiger partial charge in [0.2, 0.25) is 5.43 Å². The molecule has 0 radical (unpaired) electrons. The third-order valence-electron chi connectivity index (χ3n) is 13.1. The van der Waals surface area contributed by atoms with Gasteiger partial charge in [-0.25, -0.2) is 0 Å². The summed E-state index contributed by atoms with van der Waals surface area (Å²) >= 11 is 0. The summed E-state index contributed by atoms with van der Waals surface area (Å²) in [5.41, 5.74) is 17.0. The second-order valence-electron chi connectivity index (χ2n) is 16.9. The van der Waals surface area contributed by atoms with Gasteiger partial charge < -0.3 is 13.6 Å². The van der Waals surface area contributed by atoms with Crippen molar-refractivity contribution in [3.63, 3.8) is 0 Å². The Balaban J connectivity index is 1.02. The Labute approximate surface area is 374 Å². The molecule has 0 aliphatic heterocycles. The summed E-state index contributed by atoms with van der Waals surface area (Å²) in [6.45, 7) is 0. The minimum Gasteiger partial charge on any atom is -0.456 e. The van der Waals surface area contributed by atoms with Crippen LogP contribution in [0.1, 0.15) is 0 Å². The smallest absolute Gasteiger partial charge is 0.200 e. The Morgan fingerprint density at radius 2 is 0.677 bits per heavy atom. The van der Waals surface area contributed by atoms with Crippen molar-refractivity contribution in [1.82, 2.24) is 9.13 Å². The van der Waals surface area contributed by atoms with Crippen LogP contribution in [0.3, 0.4) is 0 Å². The second kappa shape index (κ2) is 14.7. The molecule has 0 bridgehead atoms. The zero-order chi connectivity index (χ0) is 43.0. The molecule has 3 heterocycles. The molecule has 0 atom stereocenters. The lowest BCUT2D eigenvalue weighted by atomic mass is 9.97. The molecule has 304 valence electrons. The molecule has 0 fully saturated rings. The van der Waals surface area contributed by atoms with Crippen LogP contribution in [-0.2, 0) is 0 Å². The highest BCUT2D eigenvalue weighted by Crippen LogP contribution is 2.41. The average molecular weight is 831 g/mol. The third kappa shape index (κ3) is 6.03. The number of nitrogens with zero attached hydrogens (tertiary/aromatic N) is 2. The van der Waals surface area contributed by atoms with E-state index in [4.69, 9.17) is 4.42 Å². The molecule has 13 rings (SSSR count). The van der Waals surface area contributed by atoms with Crippen molar-refractivity contribution in [3.8, 4) is 55.9 Å². The van der Waals surface area contributed by atoms with Gasteiger partial charge in [-0.15, -0.1) is 0 Å². The fourth-order valence-electron chi connectivity index (χ4n) is 9.97. The van der Waals surface area contributed by atoms with Crippen LogP contribution in [0.25, 0.3) is 121 Å². The Hall–Kier alpha value is -8.73. The minimum atomic E-state index is -0.0165. The monoisotopic (exact) mass is 830 g/mol. The molecule has 0 saturated carbocycles. The van der Waals surface area contributed by atoms with Crippen molar-refractivity contribution >= 4 is 65.6 Å². The summed E-state index contributed by atoms with van der Waals surface area (Å²) in [7, 11) is 0. The van der Waals surface area contributed by atoms with Gasteiger partial charge in [0, 0.05) is 32.9 Å². The lowest BCUT2D eigenvalue weighted by molar-refractivity contribution is 0.660. The van der Waals surface area contributed by atoms with Gasteiger partial charge in [-0.1, -0.05) is 133 Å². The van der Waals surface area contributed by atoms with Gasteiger partial charge in [-0.05, 0) is 142 Å². The fourth-order valence-corrected chi connectivity index (χ4v) is 9.97. The molecule has 0 aliphatic carbocycles. The first kappa shape index (κ1) is 36.9. The first-order chi connectivity index (χ1) is 32.1. The van der Waals surface area contributed by atoms with Crippen molar-refractivity contribution in [1.29, 1.82) is 0 Å². The predicted molar refractivity (Wildman–Crippen MR) is 270 cm³/mol. The van der Waals surface area contributed by atoms with Crippen LogP contribution in [0.4, 0.5) is 0 Å². The van der Waals surface area contributed by atoms with Crippen LogP contribution in [0, 0.1) is 0 Å². The molecule has 0 aliphatic rings. The highest BCUT2D eigenvalue weighted by Gasteiger charge is 2.19. The summed E-state index contributed by atoms with van der Waals surface area (Å²) in [5, 5.41) is 5.85. The molecular formula is C61H38N2O2. The van der Waals surface area contributed by atoms with E-state index in [9.17, 15) is 4.79 Å². The van der Waals surface area contributed by atoms with Gasteiger partial charge in [0.25, 0.3) is 0 Å².